The lowest BCUT2D eigenvalue weighted by Gasteiger charge is -2.38. The predicted octanol–water partition coefficient (Wildman–Crippen LogP) is 3.64. The van der Waals surface area contributed by atoms with Gasteiger partial charge in [-0.1, -0.05) is 11.6 Å². The van der Waals surface area contributed by atoms with E-state index >= 15 is 0 Å². The van der Waals surface area contributed by atoms with Crippen LogP contribution < -0.4 is 15.0 Å². The average molecular weight is 392 g/mol. The molecule has 2 aromatic carbocycles. The number of amides is 1. The van der Waals surface area contributed by atoms with Gasteiger partial charge in [-0.05, 0) is 49.4 Å². The summed E-state index contributed by atoms with van der Waals surface area (Å²) in [6.07, 6.45) is 0. The van der Waals surface area contributed by atoms with Crippen LogP contribution in [0.4, 0.5) is 15.8 Å². The first-order chi connectivity index (χ1) is 13.0. The molecule has 0 spiro atoms. The monoisotopic (exact) mass is 391 g/mol. The van der Waals surface area contributed by atoms with Gasteiger partial charge in [0.25, 0.3) is 0 Å². The lowest BCUT2D eigenvalue weighted by atomic mass is 10.2. The van der Waals surface area contributed by atoms with Crippen LogP contribution in [0, 0.1) is 5.82 Å². The minimum Gasteiger partial charge on any atom is -0.497 e. The van der Waals surface area contributed by atoms with Crippen LogP contribution in [0.3, 0.4) is 0 Å². The SMILES string of the molecule is COc1ccc(N2CCN([C@@H](C)C(=O)Nc3ccc(F)cc3Cl)CC2)cc1. The fourth-order valence-corrected chi connectivity index (χ4v) is 3.37. The maximum Gasteiger partial charge on any atom is 0.241 e. The fraction of sp³-hybridized carbons (Fsp3) is 0.350. The summed E-state index contributed by atoms with van der Waals surface area (Å²) in [5, 5.41) is 2.98. The van der Waals surface area contributed by atoms with Gasteiger partial charge in [0, 0.05) is 31.9 Å². The zero-order chi connectivity index (χ0) is 19.4. The van der Waals surface area contributed by atoms with E-state index in [0.29, 0.717) is 5.69 Å². The third-order valence-corrected chi connectivity index (χ3v) is 5.18. The zero-order valence-electron chi connectivity index (χ0n) is 15.4. The molecule has 3 rings (SSSR count). The Bertz CT molecular complexity index is 792. The van der Waals surface area contributed by atoms with Gasteiger partial charge < -0.3 is 15.0 Å². The van der Waals surface area contributed by atoms with E-state index in [2.05, 4.69) is 15.1 Å². The van der Waals surface area contributed by atoms with Crippen LogP contribution in [0.15, 0.2) is 42.5 Å². The largest absolute Gasteiger partial charge is 0.497 e. The van der Waals surface area contributed by atoms with Gasteiger partial charge in [-0.3, -0.25) is 9.69 Å². The number of nitrogens with one attached hydrogen (secondary N) is 1. The summed E-state index contributed by atoms with van der Waals surface area (Å²) in [6, 6.07) is 11.6. The van der Waals surface area contributed by atoms with E-state index in [4.69, 9.17) is 16.3 Å². The molecular formula is C20H23ClFN3O2. The van der Waals surface area contributed by atoms with Crippen LogP contribution in [0.5, 0.6) is 5.75 Å². The van der Waals surface area contributed by atoms with Crippen LogP contribution in [0.25, 0.3) is 0 Å². The van der Waals surface area contributed by atoms with E-state index in [9.17, 15) is 9.18 Å². The summed E-state index contributed by atoms with van der Waals surface area (Å²) in [6.45, 7) is 5.09. The second-order valence-corrected chi connectivity index (χ2v) is 6.92. The smallest absolute Gasteiger partial charge is 0.241 e. The first kappa shape index (κ1) is 19.5. The molecule has 1 N–H and O–H groups in total. The second-order valence-electron chi connectivity index (χ2n) is 6.51. The van der Waals surface area contributed by atoms with Gasteiger partial charge in [0.1, 0.15) is 11.6 Å². The molecule has 0 saturated carbocycles. The van der Waals surface area contributed by atoms with Crippen LogP contribution in [-0.2, 0) is 4.79 Å². The summed E-state index contributed by atoms with van der Waals surface area (Å²) in [5.74, 6) is 0.254. The second kappa shape index (κ2) is 8.59. The molecule has 2 aromatic rings. The van der Waals surface area contributed by atoms with Crippen molar-refractivity contribution < 1.29 is 13.9 Å². The molecule has 1 amide bonds. The van der Waals surface area contributed by atoms with E-state index in [1.54, 1.807) is 7.11 Å². The maximum absolute atomic E-state index is 13.1. The number of anilines is 2. The molecule has 27 heavy (non-hydrogen) atoms. The van der Waals surface area contributed by atoms with Crippen molar-refractivity contribution in [3.63, 3.8) is 0 Å². The Kier molecular flexibility index (Phi) is 6.19. The van der Waals surface area contributed by atoms with Crippen molar-refractivity contribution in [1.29, 1.82) is 0 Å². The maximum atomic E-state index is 13.1. The number of piperazine rings is 1. The highest BCUT2D eigenvalue weighted by molar-refractivity contribution is 6.33. The fourth-order valence-electron chi connectivity index (χ4n) is 3.15. The van der Waals surface area contributed by atoms with Gasteiger partial charge >= 0.3 is 0 Å². The Balaban J connectivity index is 1.55. The first-order valence-corrected chi connectivity index (χ1v) is 9.24. The van der Waals surface area contributed by atoms with E-state index in [1.807, 2.05) is 31.2 Å². The normalized spacial score (nSPS) is 16.1. The molecule has 0 unspecified atom stereocenters. The Morgan fingerprint density at radius 3 is 2.41 bits per heavy atom. The van der Waals surface area contributed by atoms with Crippen LogP contribution in [0.1, 0.15) is 6.92 Å². The third kappa shape index (κ3) is 4.70. The molecule has 1 heterocycles. The predicted molar refractivity (Wildman–Crippen MR) is 106 cm³/mol. The molecule has 5 nitrogen and oxygen atoms in total. The van der Waals surface area contributed by atoms with Crippen molar-refractivity contribution in [3.05, 3.63) is 53.3 Å². The number of hydrogen-bond donors (Lipinski definition) is 1. The third-order valence-electron chi connectivity index (χ3n) is 4.87. The van der Waals surface area contributed by atoms with E-state index in [-0.39, 0.29) is 17.0 Å². The van der Waals surface area contributed by atoms with Crippen molar-refractivity contribution in [2.45, 2.75) is 13.0 Å². The van der Waals surface area contributed by atoms with Gasteiger partial charge in [-0.2, -0.15) is 0 Å². The van der Waals surface area contributed by atoms with E-state index in [0.717, 1.165) is 37.6 Å². The van der Waals surface area contributed by atoms with Gasteiger partial charge in [0.05, 0.1) is 23.9 Å². The lowest BCUT2D eigenvalue weighted by Crippen LogP contribution is -2.52. The quantitative estimate of drug-likeness (QED) is 0.845. The number of rotatable bonds is 5. The van der Waals surface area contributed by atoms with Gasteiger partial charge in [0.2, 0.25) is 5.91 Å². The summed E-state index contributed by atoms with van der Waals surface area (Å²) < 4.78 is 18.3. The number of halogens is 2. The van der Waals surface area contributed by atoms with Crippen molar-refractivity contribution in [1.82, 2.24) is 4.90 Å². The summed E-state index contributed by atoms with van der Waals surface area (Å²) >= 11 is 5.99. The number of hydrogen-bond acceptors (Lipinski definition) is 4. The number of carbonyl (C=O) groups excluding carboxylic acids is 1. The number of carbonyl (C=O) groups is 1. The zero-order valence-corrected chi connectivity index (χ0v) is 16.2. The van der Waals surface area contributed by atoms with Crippen LogP contribution >= 0.6 is 11.6 Å². The Morgan fingerprint density at radius 2 is 1.81 bits per heavy atom. The molecule has 144 valence electrons. The minimum absolute atomic E-state index is 0.151. The van der Waals surface area contributed by atoms with E-state index < -0.39 is 5.82 Å². The van der Waals surface area contributed by atoms with Crippen molar-refractivity contribution in [3.8, 4) is 5.75 Å². The highest BCUT2D eigenvalue weighted by Gasteiger charge is 2.26. The topological polar surface area (TPSA) is 44.8 Å². The molecular weight excluding hydrogens is 369 g/mol. The van der Waals surface area contributed by atoms with Gasteiger partial charge in [-0.25, -0.2) is 4.39 Å². The lowest BCUT2D eigenvalue weighted by molar-refractivity contribution is -0.120. The van der Waals surface area contributed by atoms with Crippen molar-refractivity contribution >= 4 is 28.9 Å². The molecule has 1 aliphatic heterocycles. The molecule has 0 aliphatic carbocycles. The standard InChI is InChI=1S/C20H23ClFN3O2/c1-14(20(26)23-19-8-3-15(22)13-18(19)21)24-9-11-25(12-10-24)16-4-6-17(27-2)7-5-16/h3-8,13-14H,9-12H2,1-2H3,(H,23,26)/t14-/m0/s1. The molecule has 0 aromatic heterocycles. The molecule has 1 atom stereocenters. The first-order valence-electron chi connectivity index (χ1n) is 8.87. The summed E-state index contributed by atoms with van der Waals surface area (Å²) in [7, 11) is 1.65. The minimum atomic E-state index is -0.430. The molecule has 7 heteroatoms. The summed E-state index contributed by atoms with van der Waals surface area (Å²) in [4.78, 5) is 17.0. The average Bonchev–Trinajstić information content (AvgIpc) is 2.69. The molecule has 1 saturated heterocycles. The van der Waals surface area contributed by atoms with E-state index in [1.165, 1.54) is 18.2 Å². The summed E-state index contributed by atoms with van der Waals surface area (Å²) in [5.41, 5.74) is 1.57. The number of ether oxygens (including phenoxy) is 1. The van der Waals surface area contributed by atoms with Gasteiger partial charge in [-0.15, -0.1) is 0 Å². The highest BCUT2D eigenvalue weighted by atomic mass is 35.5. The van der Waals surface area contributed by atoms with Crippen LogP contribution in [0.2, 0.25) is 5.02 Å². The van der Waals surface area contributed by atoms with Crippen molar-refractivity contribution in [2.75, 3.05) is 43.5 Å². The number of methoxy groups -OCH3 is 1. The Hall–Kier alpha value is -2.31. The number of benzene rings is 2. The van der Waals surface area contributed by atoms with Crippen LogP contribution in [-0.4, -0.2) is 50.1 Å². The molecule has 1 fully saturated rings. The molecule has 0 radical (unpaired) electrons. The Morgan fingerprint density at radius 1 is 1.15 bits per heavy atom. The van der Waals surface area contributed by atoms with Crippen molar-refractivity contribution in [2.24, 2.45) is 0 Å². The molecule has 1 aliphatic rings. The van der Waals surface area contributed by atoms with Gasteiger partial charge in [0.15, 0.2) is 0 Å². The number of nitrogens with zero attached hydrogens (tertiary/aromatic N) is 2. The molecule has 0 bridgehead atoms. The highest BCUT2D eigenvalue weighted by Crippen LogP contribution is 2.24. The Labute approximate surface area is 163 Å².